The van der Waals surface area contributed by atoms with E-state index in [1.165, 1.54) is 22.3 Å². The fourth-order valence-corrected chi connectivity index (χ4v) is 3.10. The van der Waals surface area contributed by atoms with E-state index in [0.29, 0.717) is 0 Å². The molecule has 70 valence electrons. The van der Waals surface area contributed by atoms with Crippen molar-refractivity contribution in [2.24, 2.45) is 5.73 Å². The summed E-state index contributed by atoms with van der Waals surface area (Å²) in [7, 11) is 0. The second kappa shape index (κ2) is 3.35. The molecular weight excluding hydrogens is 178 g/mol. The molecule has 2 heteroatoms. The van der Waals surface area contributed by atoms with Crippen molar-refractivity contribution >= 4 is 11.8 Å². The number of thioether (sulfide) groups is 1. The van der Waals surface area contributed by atoms with Gasteiger partial charge in [0.1, 0.15) is 0 Å². The van der Waals surface area contributed by atoms with Crippen LogP contribution in [0.4, 0.5) is 0 Å². The van der Waals surface area contributed by atoms with Crippen molar-refractivity contribution in [1.82, 2.24) is 0 Å². The van der Waals surface area contributed by atoms with Crippen LogP contribution in [0, 0.1) is 13.8 Å². The summed E-state index contributed by atoms with van der Waals surface area (Å²) in [6.07, 6.45) is 0. The van der Waals surface area contributed by atoms with Gasteiger partial charge in [-0.05, 0) is 36.1 Å². The molecule has 13 heavy (non-hydrogen) atoms. The van der Waals surface area contributed by atoms with Crippen molar-refractivity contribution in [2.75, 3.05) is 5.75 Å². The molecule has 1 aliphatic rings. The number of benzene rings is 1. The van der Waals surface area contributed by atoms with Gasteiger partial charge in [-0.25, -0.2) is 0 Å². The van der Waals surface area contributed by atoms with Crippen LogP contribution >= 0.6 is 11.8 Å². The van der Waals surface area contributed by atoms with Crippen LogP contribution in [-0.4, -0.2) is 5.75 Å². The second-order valence-corrected chi connectivity index (χ2v) is 4.74. The first-order valence-corrected chi connectivity index (χ1v) is 5.78. The Hall–Kier alpha value is -0.470. The highest BCUT2D eigenvalue weighted by atomic mass is 32.2. The summed E-state index contributed by atoms with van der Waals surface area (Å²) in [4.78, 5) is 0. The Morgan fingerprint density at radius 3 is 2.69 bits per heavy atom. The van der Waals surface area contributed by atoms with Crippen LogP contribution < -0.4 is 5.73 Å². The first-order valence-electron chi connectivity index (χ1n) is 4.62. The highest BCUT2D eigenvalue weighted by Gasteiger charge is 2.20. The van der Waals surface area contributed by atoms with E-state index < -0.39 is 0 Å². The third-order valence-corrected chi connectivity index (χ3v) is 3.81. The molecule has 0 saturated carbocycles. The Bertz CT molecular complexity index is 333. The molecule has 1 atom stereocenters. The smallest absolute Gasteiger partial charge is 0.0392 e. The normalized spacial score (nSPS) is 21.3. The van der Waals surface area contributed by atoms with Crippen molar-refractivity contribution in [3.8, 4) is 0 Å². The Morgan fingerprint density at radius 2 is 2.00 bits per heavy atom. The maximum Gasteiger partial charge on any atom is 0.0392 e. The fourth-order valence-electron chi connectivity index (χ4n) is 1.97. The molecule has 1 heterocycles. The first-order chi connectivity index (χ1) is 6.20. The number of rotatable bonds is 0. The lowest BCUT2D eigenvalue weighted by Gasteiger charge is -2.25. The van der Waals surface area contributed by atoms with Crippen LogP contribution in [0.2, 0.25) is 0 Å². The SMILES string of the molecule is Cc1ccc(C)c2c1CSC[C@H]2N. The average molecular weight is 193 g/mol. The summed E-state index contributed by atoms with van der Waals surface area (Å²) < 4.78 is 0. The molecule has 1 nitrogen and oxygen atoms in total. The van der Waals surface area contributed by atoms with Crippen LogP contribution in [0.15, 0.2) is 12.1 Å². The van der Waals surface area contributed by atoms with Gasteiger partial charge in [0.05, 0.1) is 0 Å². The van der Waals surface area contributed by atoms with Gasteiger partial charge in [0.2, 0.25) is 0 Å². The van der Waals surface area contributed by atoms with Gasteiger partial charge in [-0.2, -0.15) is 11.8 Å². The molecule has 0 amide bonds. The Labute approximate surface area is 83.7 Å². The van der Waals surface area contributed by atoms with E-state index in [1.807, 2.05) is 11.8 Å². The van der Waals surface area contributed by atoms with E-state index in [1.54, 1.807) is 0 Å². The predicted octanol–water partition coefficient (Wildman–Crippen LogP) is 2.55. The van der Waals surface area contributed by atoms with Crippen LogP contribution in [0.25, 0.3) is 0 Å². The summed E-state index contributed by atoms with van der Waals surface area (Å²) in [5, 5.41) is 0. The van der Waals surface area contributed by atoms with E-state index in [0.717, 1.165) is 11.5 Å². The molecule has 0 spiro atoms. The van der Waals surface area contributed by atoms with Crippen LogP contribution in [-0.2, 0) is 5.75 Å². The largest absolute Gasteiger partial charge is 0.323 e. The number of hydrogen-bond acceptors (Lipinski definition) is 2. The summed E-state index contributed by atoms with van der Waals surface area (Å²) in [6.45, 7) is 4.34. The molecule has 1 aliphatic heterocycles. The van der Waals surface area contributed by atoms with Gasteiger partial charge in [-0.1, -0.05) is 12.1 Å². The highest BCUT2D eigenvalue weighted by molar-refractivity contribution is 7.98. The molecule has 2 rings (SSSR count). The van der Waals surface area contributed by atoms with Crippen molar-refractivity contribution in [1.29, 1.82) is 0 Å². The van der Waals surface area contributed by atoms with Gasteiger partial charge in [-0.15, -0.1) is 0 Å². The third kappa shape index (κ3) is 1.49. The second-order valence-electron chi connectivity index (χ2n) is 3.71. The maximum absolute atomic E-state index is 6.10. The molecule has 0 radical (unpaired) electrons. The van der Waals surface area contributed by atoms with Crippen molar-refractivity contribution < 1.29 is 0 Å². The minimum absolute atomic E-state index is 0.244. The summed E-state index contributed by atoms with van der Waals surface area (Å²) in [5.74, 6) is 2.20. The zero-order valence-corrected chi connectivity index (χ0v) is 8.95. The molecule has 0 fully saturated rings. The Kier molecular flexibility index (Phi) is 2.35. The molecule has 0 unspecified atom stereocenters. The Balaban J connectivity index is 2.60. The quantitative estimate of drug-likeness (QED) is 0.685. The van der Waals surface area contributed by atoms with Crippen molar-refractivity contribution in [2.45, 2.75) is 25.6 Å². The summed E-state index contributed by atoms with van der Waals surface area (Å²) in [6, 6.07) is 4.63. The average Bonchev–Trinajstić information content (AvgIpc) is 2.12. The monoisotopic (exact) mass is 193 g/mol. The van der Waals surface area contributed by atoms with Gasteiger partial charge in [0.15, 0.2) is 0 Å². The zero-order valence-electron chi connectivity index (χ0n) is 8.13. The van der Waals surface area contributed by atoms with Crippen LogP contribution in [0.1, 0.15) is 28.3 Å². The molecule has 2 N–H and O–H groups in total. The molecule has 0 bridgehead atoms. The minimum Gasteiger partial charge on any atom is -0.323 e. The van der Waals surface area contributed by atoms with Crippen LogP contribution in [0.5, 0.6) is 0 Å². The van der Waals surface area contributed by atoms with E-state index in [2.05, 4.69) is 26.0 Å². The van der Waals surface area contributed by atoms with Gasteiger partial charge in [0, 0.05) is 17.5 Å². The van der Waals surface area contributed by atoms with Crippen molar-refractivity contribution in [3.63, 3.8) is 0 Å². The lowest BCUT2D eigenvalue weighted by molar-refractivity contribution is 0.798. The third-order valence-electron chi connectivity index (χ3n) is 2.72. The molecule has 1 aromatic rings. The van der Waals surface area contributed by atoms with E-state index in [-0.39, 0.29) is 6.04 Å². The zero-order chi connectivity index (χ0) is 9.42. The molecule has 0 aliphatic carbocycles. The minimum atomic E-state index is 0.244. The lowest BCUT2D eigenvalue weighted by atomic mass is 9.93. The Morgan fingerprint density at radius 1 is 1.31 bits per heavy atom. The lowest BCUT2D eigenvalue weighted by Crippen LogP contribution is -2.20. The van der Waals surface area contributed by atoms with E-state index in [4.69, 9.17) is 5.73 Å². The molecule has 0 aromatic heterocycles. The topological polar surface area (TPSA) is 26.0 Å². The van der Waals surface area contributed by atoms with Gasteiger partial charge < -0.3 is 5.73 Å². The van der Waals surface area contributed by atoms with Gasteiger partial charge >= 0.3 is 0 Å². The number of nitrogens with two attached hydrogens (primary N) is 1. The maximum atomic E-state index is 6.10. The molecular formula is C11H15NS. The number of hydrogen-bond donors (Lipinski definition) is 1. The van der Waals surface area contributed by atoms with E-state index >= 15 is 0 Å². The fraction of sp³-hybridized carbons (Fsp3) is 0.455. The summed E-state index contributed by atoms with van der Waals surface area (Å²) in [5.41, 5.74) is 11.7. The highest BCUT2D eigenvalue weighted by Crippen LogP contribution is 2.34. The van der Waals surface area contributed by atoms with Gasteiger partial charge in [0.25, 0.3) is 0 Å². The standard InChI is InChI=1S/C11H15NS/c1-7-3-4-8(2)11-9(7)5-13-6-10(11)12/h3-4,10H,5-6,12H2,1-2H3/t10-/m1/s1. The predicted molar refractivity (Wildman–Crippen MR) is 59.0 cm³/mol. The molecule has 0 saturated heterocycles. The van der Waals surface area contributed by atoms with Gasteiger partial charge in [-0.3, -0.25) is 0 Å². The molecule has 1 aromatic carbocycles. The number of aryl methyl sites for hydroxylation is 2. The van der Waals surface area contributed by atoms with Crippen LogP contribution in [0.3, 0.4) is 0 Å². The number of fused-ring (bicyclic) bond motifs is 1. The first kappa shape index (κ1) is 9.10. The van der Waals surface area contributed by atoms with Crippen molar-refractivity contribution in [3.05, 3.63) is 34.4 Å². The van der Waals surface area contributed by atoms with E-state index in [9.17, 15) is 0 Å². The summed E-state index contributed by atoms with van der Waals surface area (Å²) >= 11 is 1.94.